The van der Waals surface area contributed by atoms with Gasteiger partial charge in [0.15, 0.2) is 4.99 Å². The molecule has 3 aromatic rings. The number of anilines is 1. The second kappa shape index (κ2) is 7.20. The van der Waals surface area contributed by atoms with Gasteiger partial charge in [-0.15, -0.1) is 0 Å². The molecule has 0 fully saturated rings. The van der Waals surface area contributed by atoms with Gasteiger partial charge in [0.2, 0.25) is 0 Å². The summed E-state index contributed by atoms with van der Waals surface area (Å²) < 4.78 is 4.36. The van der Waals surface area contributed by atoms with Crippen LogP contribution in [-0.4, -0.2) is 9.56 Å². The summed E-state index contributed by atoms with van der Waals surface area (Å²) in [5.74, 6) is 1.02. The molecule has 0 aliphatic heterocycles. The SMILES string of the molecule is CCn1cc[n+](Cc2ccccc2)c1C(=S)Nc1ccccc1. The molecule has 116 valence electrons. The lowest BCUT2D eigenvalue weighted by atomic mass is 10.2. The van der Waals surface area contributed by atoms with E-state index in [1.54, 1.807) is 0 Å². The molecule has 0 aliphatic rings. The summed E-state index contributed by atoms with van der Waals surface area (Å²) in [5, 5.41) is 3.33. The van der Waals surface area contributed by atoms with Gasteiger partial charge in [0.05, 0.1) is 6.54 Å². The molecule has 3 nitrogen and oxygen atoms in total. The van der Waals surface area contributed by atoms with Gasteiger partial charge in [-0.1, -0.05) is 60.7 Å². The minimum absolute atomic E-state index is 0.735. The molecule has 0 bridgehead atoms. The van der Waals surface area contributed by atoms with Crippen molar-refractivity contribution in [1.82, 2.24) is 4.57 Å². The molecule has 0 aliphatic carbocycles. The van der Waals surface area contributed by atoms with Crippen LogP contribution in [0.15, 0.2) is 73.1 Å². The van der Waals surface area contributed by atoms with Crippen LogP contribution in [0.5, 0.6) is 0 Å². The van der Waals surface area contributed by atoms with Crippen molar-refractivity contribution < 1.29 is 4.57 Å². The van der Waals surface area contributed by atoms with E-state index in [0.29, 0.717) is 0 Å². The third-order valence-electron chi connectivity index (χ3n) is 3.74. The van der Waals surface area contributed by atoms with E-state index in [2.05, 4.69) is 58.0 Å². The Hall–Kier alpha value is -2.46. The zero-order valence-electron chi connectivity index (χ0n) is 13.1. The molecule has 0 saturated carbocycles. The number of hydrogen-bond donors (Lipinski definition) is 1. The van der Waals surface area contributed by atoms with Gasteiger partial charge in [0, 0.05) is 5.69 Å². The van der Waals surface area contributed by atoms with Gasteiger partial charge < -0.3 is 5.32 Å². The highest BCUT2D eigenvalue weighted by Gasteiger charge is 2.21. The fraction of sp³-hybridized carbons (Fsp3) is 0.158. The van der Waals surface area contributed by atoms with E-state index >= 15 is 0 Å². The zero-order valence-corrected chi connectivity index (χ0v) is 14.0. The smallest absolute Gasteiger partial charge is 0.317 e. The molecule has 1 heterocycles. The summed E-state index contributed by atoms with van der Waals surface area (Å²) in [4.78, 5) is 0.735. The van der Waals surface area contributed by atoms with Crippen LogP contribution in [0.3, 0.4) is 0 Å². The Morgan fingerprint density at radius 1 is 1.04 bits per heavy atom. The summed E-state index contributed by atoms with van der Waals surface area (Å²) >= 11 is 5.66. The Balaban J connectivity index is 1.88. The monoisotopic (exact) mass is 322 g/mol. The average Bonchev–Trinajstić information content (AvgIpc) is 2.99. The molecule has 0 amide bonds. The van der Waals surface area contributed by atoms with Crippen LogP contribution < -0.4 is 9.88 Å². The molecular weight excluding hydrogens is 302 g/mol. The molecule has 0 radical (unpaired) electrons. The van der Waals surface area contributed by atoms with Crippen LogP contribution in [0.4, 0.5) is 5.69 Å². The Bertz CT molecular complexity index is 779. The van der Waals surface area contributed by atoms with Gasteiger partial charge in [0.25, 0.3) is 0 Å². The summed E-state index contributed by atoms with van der Waals surface area (Å²) in [5.41, 5.74) is 2.27. The molecule has 1 N–H and O–H groups in total. The number of thiocarbonyl (C=S) groups is 1. The molecule has 0 atom stereocenters. The van der Waals surface area contributed by atoms with Crippen molar-refractivity contribution in [2.24, 2.45) is 0 Å². The first-order valence-electron chi connectivity index (χ1n) is 7.77. The first-order valence-corrected chi connectivity index (χ1v) is 8.17. The number of imidazole rings is 1. The number of nitrogens with one attached hydrogen (secondary N) is 1. The Kier molecular flexibility index (Phi) is 4.83. The maximum Gasteiger partial charge on any atom is 0.317 e. The summed E-state index contributed by atoms with van der Waals surface area (Å²) in [6.07, 6.45) is 4.17. The standard InChI is InChI=1S/C19H19N3S/c1-2-21-13-14-22(15-16-9-5-3-6-10-16)19(21)18(23)20-17-11-7-4-8-12-17/h3-14H,2,15H2,1H3/p+1. The van der Waals surface area contributed by atoms with Crippen molar-refractivity contribution in [2.45, 2.75) is 20.0 Å². The lowest BCUT2D eigenvalue weighted by Gasteiger charge is -2.08. The number of benzene rings is 2. The largest absolute Gasteiger partial charge is 0.340 e. The number of nitrogens with zero attached hydrogens (tertiary/aromatic N) is 2. The number of hydrogen-bond acceptors (Lipinski definition) is 1. The second-order valence-corrected chi connectivity index (χ2v) is 5.75. The zero-order chi connectivity index (χ0) is 16.1. The van der Waals surface area contributed by atoms with E-state index in [1.807, 2.05) is 36.4 Å². The maximum atomic E-state index is 5.66. The highest BCUT2D eigenvalue weighted by atomic mass is 32.1. The van der Waals surface area contributed by atoms with Gasteiger partial charge in [-0.05, 0) is 24.6 Å². The van der Waals surface area contributed by atoms with E-state index in [4.69, 9.17) is 12.2 Å². The molecule has 1 aromatic heterocycles. The summed E-state index contributed by atoms with van der Waals surface area (Å²) in [7, 11) is 0. The van der Waals surface area contributed by atoms with Gasteiger partial charge in [-0.3, -0.25) is 0 Å². The van der Waals surface area contributed by atoms with Crippen molar-refractivity contribution in [2.75, 3.05) is 5.32 Å². The first kappa shape index (κ1) is 15.4. The number of rotatable bonds is 5. The van der Waals surface area contributed by atoms with Crippen LogP contribution in [-0.2, 0) is 13.1 Å². The number of aromatic nitrogens is 2. The second-order valence-electron chi connectivity index (χ2n) is 5.34. The number of para-hydroxylation sites is 1. The Morgan fingerprint density at radius 3 is 2.35 bits per heavy atom. The molecule has 0 saturated heterocycles. The fourth-order valence-electron chi connectivity index (χ4n) is 2.60. The normalized spacial score (nSPS) is 10.5. The van der Waals surface area contributed by atoms with E-state index in [1.165, 1.54) is 5.56 Å². The van der Waals surface area contributed by atoms with Crippen molar-refractivity contribution in [3.8, 4) is 0 Å². The van der Waals surface area contributed by atoms with Crippen LogP contribution in [0.2, 0.25) is 0 Å². The Morgan fingerprint density at radius 2 is 1.70 bits per heavy atom. The Labute approximate surface area is 142 Å². The van der Waals surface area contributed by atoms with Gasteiger partial charge >= 0.3 is 5.82 Å². The molecular formula is C19H20N3S+. The summed E-state index contributed by atoms with van der Waals surface area (Å²) in [6, 6.07) is 20.5. The minimum Gasteiger partial charge on any atom is -0.340 e. The topological polar surface area (TPSA) is 20.8 Å². The van der Waals surface area contributed by atoms with Gasteiger partial charge in [0.1, 0.15) is 18.9 Å². The highest BCUT2D eigenvalue weighted by molar-refractivity contribution is 7.81. The van der Waals surface area contributed by atoms with E-state index in [-0.39, 0.29) is 0 Å². The lowest BCUT2D eigenvalue weighted by molar-refractivity contribution is -0.688. The quantitative estimate of drug-likeness (QED) is 0.572. The molecule has 3 rings (SSSR count). The van der Waals surface area contributed by atoms with Crippen LogP contribution in [0.25, 0.3) is 0 Å². The first-order chi connectivity index (χ1) is 11.3. The molecule has 23 heavy (non-hydrogen) atoms. The van der Waals surface area contributed by atoms with Gasteiger partial charge in [-0.25, -0.2) is 9.13 Å². The van der Waals surface area contributed by atoms with Crippen molar-refractivity contribution in [1.29, 1.82) is 0 Å². The molecule has 2 aromatic carbocycles. The van der Waals surface area contributed by atoms with Crippen LogP contribution in [0.1, 0.15) is 18.3 Å². The fourth-order valence-corrected chi connectivity index (χ4v) is 2.95. The lowest BCUT2D eigenvalue weighted by Crippen LogP contribution is -2.41. The predicted octanol–water partition coefficient (Wildman–Crippen LogP) is 3.63. The molecule has 0 unspecified atom stereocenters. The third kappa shape index (κ3) is 3.66. The van der Waals surface area contributed by atoms with Crippen LogP contribution in [0, 0.1) is 0 Å². The van der Waals surface area contributed by atoms with Crippen LogP contribution >= 0.6 is 12.2 Å². The van der Waals surface area contributed by atoms with Crippen molar-refractivity contribution >= 4 is 22.9 Å². The van der Waals surface area contributed by atoms with Crippen molar-refractivity contribution in [3.63, 3.8) is 0 Å². The number of aryl methyl sites for hydroxylation is 1. The average molecular weight is 322 g/mol. The molecule has 4 heteroatoms. The third-order valence-corrected chi connectivity index (χ3v) is 4.03. The summed E-state index contributed by atoms with van der Waals surface area (Å²) in [6.45, 7) is 3.81. The van der Waals surface area contributed by atoms with Crippen molar-refractivity contribution in [3.05, 3.63) is 84.4 Å². The van der Waals surface area contributed by atoms with E-state index in [0.717, 1.165) is 29.6 Å². The molecule has 0 spiro atoms. The highest BCUT2D eigenvalue weighted by Crippen LogP contribution is 2.09. The van der Waals surface area contributed by atoms with E-state index in [9.17, 15) is 0 Å². The minimum atomic E-state index is 0.735. The van der Waals surface area contributed by atoms with E-state index < -0.39 is 0 Å². The van der Waals surface area contributed by atoms with Gasteiger partial charge in [-0.2, -0.15) is 0 Å². The maximum absolute atomic E-state index is 5.66. The predicted molar refractivity (Wildman–Crippen MR) is 97.6 cm³/mol.